The first kappa shape index (κ1) is 11.5. The van der Waals surface area contributed by atoms with Crippen LogP contribution in [0.4, 0.5) is 0 Å². The molecule has 0 nitrogen and oxygen atoms in total. The van der Waals surface area contributed by atoms with E-state index < -0.39 is 0 Å². The molecule has 0 N–H and O–H groups in total. The first-order valence-corrected chi connectivity index (χ1v) is 5.16. The van der Waals surface area contributed by atoms with Crippen molar-refractivity contribution in [1.82, 2.24) is 0 Å². The molecule has 0 heterocycles. The van der Waals surface area contributed by atoms with Crippen LogP contribution >= 0.6 is 0 Å². The van der Waals surface area contributed by atoms with Gasteiger partial charge in [-0.15, -0.1) is 5.73 Å². The van der Waals surface area contributed by atoms with Gasteiger partial charge < -0.3 is 0 Å². The normalized spacial score (nSPS) is 9.67. The highest BCUT2D eigenvalue weighted by atomic mass is 13.9. The van der Waals surface area contributed by atoms with Gasteiger partial charge in [-0.2, -0.15) is 0 Å². The number of unbranched alkanes of at least 4 members (excludes halogenated alkanes) is 3. The van der Waals surface area contributed by atoms with Gasteiger partial charge in [-0.05, 0) is 37.3 Å². The molecule has 0 atom stereocenters. The lowest BCUT2D eigenvalue weighted by molar-refractivity contribution is 0.664. The lowest BCUT2D eigenvalue weighted by atomic mass is 10.1. The molecule has 0 heteroatoms. The van der Waals surface area contributed by atoms with E-state index in [1.54, 1.807) is 0 Å². The predicted octanol–water partition coefficient (Wildman–Crippen LogP) is 4.32. The summed E-state index contributed by atoms with van der Waals surface area (Å²) in [7, 11) is 0. The van der Waals surface area contributed by atoms with Crippen LogP contribution in [0, 0.1) is 5.92 Å². The first-order chi connectivity index (χ1) is 5.77. The molecule has 12 heavy (non-hydrogen) atoms. The lowest BCUT2D eigenvalue weighted by Crippen LogP contribution is -1.79. The molecule has 0 aliphatic carbocycles. The van der Waals surface area contributed by atoms with E-state index in [1.165, 1.54) is 25.7 Å². The monoisotopic (exact) mass is 166 g/mol. The Labute approximate surface area is 77.4 Å². The second-order valence-electron chi connectivity index (χ2n) is 3.70. The van der Waals surface area contributed by atoms with Gasteiger partial charge in [0.05, 0.1) is 0 Å². The van der Waals surface area contributed by atoms with E-state index in [1.807, 2.05) is 0 Å². The van der Waals surface area contributed by atoms with E-state index in [-0.39, 0.29) is 0 Å². The fraction of sp³-hybridized carbons (Fsp3) is 0.750. The maximum absolute atomic E-state index is 3.23. The topological polar surface area (TPSA) is 0 Å². The van der Waals surface area contributed by atoms with Crippen molar-refractivity contribution in [3.05, 3.63) is 17.9 Å². The van der Waals surface area contributed by atoms with Gasteiger partial charge in [0.15, 0.2) is 0 Å². The Balaban J connectivity index is 3.28. The van der Waals surface area contributed by atoms with Gasteiger partial charge in [0, 0.05) is 0 Å². The van der Waals surface area contributed by atoms with Gasteiger partial charge in [-0.25, -0.2) is 0 Å². The average molecular weight is 166 g/mol. The predicted molar refractivity (Wildman–Crippen MR) is 56.3 cm³/mol. The summed E-state index contributed by atoms with van der Waals surface area (Å²) in [6.07, 6.45) is 10.6. The van der Waals surface area contributed by atoms with Crippen molar-refractivity contribution < 1.29 is 0 Å². The second-order valence-corrected chi connectivity index (χ2v) is 3.70. The molecule has 0 aliphatic heterocycles. The molecule has 0 unspecified atom stereocenters. The maximum atomic E-state index is 3.23. The molecule has 0 bridgehead atoms. The van der Waals surface area contributed by atoms with Crippen molar-refractivity contribution in [1.29, 1.82) is 0 Å². The van der Waals surface area contributed by atoms with Gasteiger partial charge in [0.1, 0.15) is 0 Å². The molecule has 0 aromatic heterocycles. The molecule has 0 aromatic rings. The molecule has 70 valence electrons. The molecular weight excluding hydrogens is 144 g/mol. The highest BCUT2D eigenvalue weighted by Gasteiger charge is 1.85. The summed E-state index contributed by atoms with van der Waals surface area (Å²) in [6, 6.07) is 0. The fourth-order valence-corrected chi connectivity index (χ4v) is 0.967. The van der Waals surface area contributed by atoms with Crippen molar-refractivity contribution in [3.63, 3.8) is 0 Å². The van der Waals surface area contributed by atoms with E-state index >= 15 is 0 Å². The van der Waals surface area contributed by atoms with E-state index in [0.717, 1.165) is 12.3 Å². The van der Waals surface area contributed by atoms with Crippen LogP contribution in [0.15, 0.2) is 17.9 Å². The minimum atomic E-state index is 0.765. The van der Waals surface area contributed by atoms with Crippen LogP contribution in [0.2, 0.25) is 0 Å². The van der Waals surface area contributed by atoms with Crippen molar-refractivity contribution >= 4 is 0 Å². The summed E-state index contributed by atoms with van der Waals surface area (Å²) in [5, 5.41) is 0. The molecule has 0 amide bonds. The largest absolute Gasteiger partial charge is 0.130 e. The van der Waals surface area contributed by atoms with E-state index in [0.29, 0.717) is 0 Å². The molecule has 0 spiro atoms. The third-order valence-electron chi connectivity index (χ3n) is 1.78. The SMILES string of the molecule is CCCCCC=C=CCC(C)C. The summed E-state index contributed by atoms with van der Waals surface area (Å²) in [4.78, 5) is 0. The second kappa shape index (κ2) is 8.62. The van der Waals surface area contributed by atoms with E-state index in [2.05, 4.69) is 38.7 Å². The fourth-order valence-electron chi connectivity index (χ4n) is 0.967. The van der Waals surface area contributed by atoms with Crippen molar-refractivity contribution in [2.75, 3.05) is 0 Å². The van der Waals surface area contributed by atoms with Crippen molar-refractivity contribution in [2.45, 2.75) is 52.9 Å². The quantitative estimate of drug-likeness (QED) is 0.407. The maximum Gasteiger partial charge on any atom is -0.0251 e. The molecular formula is C12H22. The zero-order chi connectivity index (χ0) is 9.23. The van der Waals surface area contributed by atoms with Gasteiger partial charge in [0.25, 0.3) is 0 Å². The molecule has 0 radical (unpaired) electrons. The van der Waals surface area contributed by atoms with Crippen LogP contribution in [0.3, 0.4) is 0 Å². The Kier molecular flexibility index (Phi) is 8.27. The molecule has 0 aliphatic rings. The smallest absolute Gasteiger partial charge is 0.0251 e. The summed E-state index contributed by atoms with van der Waals surface area (Å²) in [6.45, 7) is 6.70. The zero-order valence-electron chi connectivity index (χ0n) is 8.77. The summed E-state index contributed by atoms with van der Waals surface area (Å²) >= 11 is 0. The molecule has 0 aromatic carbocycles. The molecule has 0 saturated carbocycles. The lowest BCUT2D eigenvalue weighted by Gasteiger charge is -1.93. The van der Waals surface area contributed by atoms with Gasteiger partial charge in [-0.1, -0.05) is 33.6 Å². The van der Waals surface area contributed by atoms with Crippen molar-refractivity contribution in [3.8, 4) is 0 Å². The van der Waals surface area contributed by atoms with Crippen LogP contribution < -0.4 is 0 Å². The molecule has 0 rings (SSSR count). The van der Waals surface area contributed by atoms with Crippen molar-refractivity contribution in [2.24, 2.45) is 5.92 Å². The Bertz CT molecular complexity index is 136. The third kappa shape index (κ3) is 9.52. The van der Waals surface area contributed by atoms with E-state index in [4.69, 9.17) is 0 Å². The average Bonchev–Trinajstić information content (AvgIpc) is 2.02. The van der Waals surface area contributed by atoms with Crippen LogP contribution in [-0.2, 0) is 0 Å². The van der Waals surface area contributed by atoms with Gasteiger partial charge in [-0.3, -0.25) is 0 Å². The number of hydrogen-bond acceptors (Lipinski definition) is 0. The minimum absolute atomic E-state index is 0.765. The minimum Gasteiger partial charge on any atom is -0.130 e. The van der Waals surface area contributed by atoms with Crippen LogP contribution in [0.5, 0.6) is 0 Å². The Morgan fingerprint density at radius 2 is 1.92 bits per heavy atom. The van der Waals surface area contributed by atoms with E-state index in [9.17, 15) is 0 Å². The molecule has 0 fully saturated rings. The van der Waals surface area contributed by atoms with Gasteiger partial charge in [0.2, 0.25) is 0 Å². The summed E-state index contributed by atoms with van der Waals surface area (Å²) in [5.74, 6) is 0.765. The zero-order valence-corrected chi connectivity index (χ0v) is 8.77. The Morgan fingerprint density at radius 3 is 2.50 bits per heavy atom. The summed E-state index contributed by atoms with van der Waals surface area (Å²) < 4.78 is 0. The van der Waals surface area contributed by atoms with Crippen LogP contribution in [-0.4, -0.2) is 0 Å². The Hall–Kier alpha value is -0.480. The standard InChI is InChI=1S/C12H22/c1-4-5-6-7-8-9-10-11-12(2)3/h8,10,12H,4-7,11H2,1-3H3. The number of hydrogen-bond donors (Lipinski definition) is 0. The highest BCUT2D eigenvalue weighted by molar-refractivity contribution is 4.85. The van der Waals surface area contributed by atoms with Crippen LogP contribution in [0.25, 0.3) is 0 Å². The number of rotatable bonds is 6. The Morgan fingerprint density at radius 1 is 1.17 bits per heavy atom. The first-order valence-electron chi connectivity index (χ1n) is 5.16. The number of allylic oxidation sites excluding steroid dienone is 1. The molecule has 0 saturated heterocycles. The van der Waals surface area contributed by atoms with Gasteiger partial charge >= 0.3 is 0 Å². The third-order valence-corrected chi connectivity index (χ3v) is 1.78. The highest BCUT2D eigenvalue weighted by Crippen LogP contribution is 2.00. The van der Waals surface area contributed by atoms with Crippen LogP contribution in [0.1, 0.15) is 52.9 Å². The summed E-state index contributed by atoms with van der Waals surface area (Å²) in [5.41, 5.74) is 3.23.